The van der Waals surface area contributed by atoms with Crippen LogP contribution in [0, 0.1) is 11.3 Å². The van der Waals surface area contributed by atoms with Crippen LogP contribution in [0.4, 0.5) is 0 Å². The molecule has 2 N–H and O–H groups in total. The van der Waals surface area contributed by atoms with Gasteiger partial charge in [-0.15, -0.1) is 0 Å². The van der Waals surface area contributed by atoms with Gasteiger partial charge >= 0.3 is 0 Å². The van der Waals surface area contributed by atoms with Crippen molar-refractivity contribution in [3.8, 4) is 17.6 Å². The molecule has 0 bridgehead atoms. The average molecular weight is 218 g/mol. The van der Waals surface area contributed by atoms with Gasteiger partial charge in [0, 0.05) is 6.04 Å². The Bertz CT molecular complexity index is 437. The van der Waals surface area contributed by atoms with E-state index in [1.165, 1.54) is 7.11 Å². The van der Waals surface area contributed by atoms with E-state index in [4.69, 9.17) is 10.00 Å². The number of rotatable bonds is 2. The average Bonchev–Trinajstić information content (AvgIpc) is 2.29. The third kappa shape index (κ3) is 1.82. The zero-order valence-electron chi connectivity index (χ0n) is 9.16. The van der Waals surface area contributed by atoms with E-state index in [1.54, 1.807) is 6.07 Å². The van der Waals surface area contributed by atoms with Gasteiger partial charge in [-0.05, 0) is 36.2 Å². The second kappa shape index (κ2) is 4.42. The van der Waals surface area contributed by atoms with Crippen LogP contribution in [0.3, 0.4) is 0 Å². The molecule has 0 spiro atoms. The molecule has 16 heavy (non-hydrogen) atoms. The molecule has 0 amide bonds. The number of benzene rings is 1. The topological polar surface area (TPSA) is 65.3 Å². The number of nitrogens with one attached hydrogen (secondary N) is 1. The van der Waals surface area contributed by atoms with Gasteiger partial charge in [-0.1, -0.05) is 0 Å². The van der Waals surface area contributed by atoms with Crippen LogP contribution in [0.5, 0.6) is 11.5 Å². The summed E-state index contributed by atoms with van der Waals surface area (Å²) in [6.07, 6.45) is 1.31. The summed E-state index contributed by atoms with van der Waals surface area (Å²) in [6.45, 7) is 0.854. The highest BCUT2D eigenvalue weighted by Crippen LogP contribution is 2.35. The number of hydrogen-bond donors (Lipinski definition) is 2. The molecule has 0 fully saturated rings. The van der Waals surface area contributed by atoms with Gasteiger partial charge in [0.05, 0.1) is 19.6 Å². The molecule has 0 aliphatic carbocycles. The van der Waals surface area contributed by atoms with Gasteiger partial charge < -0.3 is 15.2 Å². The van der Waals surface area contributed by atoms with Crippen LogP contribution in [0.2, 0.25) is 0 Å². The lowest BCUT2D eigenvalue weighted by Gasteiger charge is -2.25. The third-order valence-corrected chi connectivity index (χ3v) is 2.90. The Morgan fingerprint density at radius 3 is 3.12 bits per heavy atom. The van der Waals surface area contributed by atoms with Crippen LogP contribution < -0.4 is 10.1 Å². The maximum absolute atomic E-state index is 9.72. The molecule has 84 valence electrons. The Kier molecular flexibility index (Phi) is 2.97. The van der Waals surface area contributed by atoms with Crippen molar-refractivity contribution in [2.24, 2.45) is 0 Å². The van der Waals surface area contributed by atoms with Gasteiger partial charge in [-0.25, -0.2) is 0 Å². The first-order valence-corrected chi connectivity index (χ1v) is 5.26. The standard InChI is InChI=1S/C12H14N2O2/c1-16-12-6-8-3-5-14-10(2-4-13)9(8)7-11(12)15/h6-7,10,14-15H,2-3,5H2,1H3. The molecule has 1 aromatic rings. The van der Waals surface area contributed by atoms with Crippen LogP contribution in [0.25, 0.3) is 0 Å². The number of nitrogens with zero attached hydrogens (tertiary/aromatic N) is 1. The predicted octanol–water partition coefficient (Wildman–Crippen LogP) is 1.50. The highest BCUT2D eigenvalue weighted by molar-refractivity contribution is 5.48. The van der Waals surface area contributed by atoms with Crippen LogP contribution in [-0.4, -0.2) is 18.8 Å². The molecule has 4 nitrogen and oxygen atoms in total. The van der Waals surface area contributed by atoms with Crippen molar-refractivity contribution in [2.45, 2.75) is 18.9 Å². The Morgan fingerprint density at radius 1 is 1.62 bits per heavy atom. The van der Waals surface area contributed by atoms with Crippen molar-refractivity contribution < 1.29 is 9.84 Å². The van der Waals surface area contributed by atoms with Gasteiger partial charge in [0.2, 0.25) is 0 Å². The van der Waals surface area contributed by atoms with Crippen LogP contribution in [0.15, 0.2) is 12.1 Å². The lowest BCUT2D eigenvalue weighted by Crippen LogP contribution is -2.29. The molecule has 1 aromatic carbocycles. The summed E-state index contributed by atoms with van der Waals surface area (Å²) in [6, 6.07) is 5.72. The molecule has 0 saturated heterocycles. The monoisotopic (exact) mass is 218 g/mol. The molecule has 4 heteroatoms. The van der Waals surface area contributed by atoms with E-state index in [1.807, 2.05) is 6.07 Å². The van der Waals surface area contributed by atoms with Gasteiger partial charge in [0.15, 0.2) is 11.5 Å². The second-order valence-electron chi connectivity index (χ2n) is 3.84. The molecule has 1 aliphatic rings. The fraction of sp³-hybridized carbons (Fsp3) is 0.417. The number of phenolic OH excluding ortho intramolecular Hbond substituents is 1. The fourth-order valence-corrected chi connectivity index (χ4v) is 2.10. The predicted molar refractivity (Wildman–Crippen MR) is 59.3 cm³/mol. The lowest BCUT2D eigenvalue weighted by molar-refractivity contribution is 0.370. The lowest BCUT2D eigenvalue weighted by atomic mass is 9.92. The molecular formula is C12H14N2O2. The minimum absolute atomic E-state index is 0.0190. The molecule has 0 saturated carbocycles. The first-order valence-electron chi connectivity index (χ1n) is 5.26. The summed E-state index contributed by atoms with van der Waals surface area (Å²) in [4.78, 5) is 0. The molecule has 0 aromatic heterocycles. The molecule has 0 radical (unpaired) electrons. The van der Waals surface area contributed by atoms with E-state index in [0.29, 0.717) is 12.2 Å². The fourth-order valence-electron chi connectivity index (χ4n) is 2.10. The van der Waals surface area contributed by atoms with Crippen molar-refractivity contribution in [1.29, 1.82) is 5.26 Å². The normalized spacial score (nSPS) is 18.6. The van der Waals surface area contributed by atoms with Crippen LogP contribution in [0.1, 0.15) is 23.6 Å². The quantitative estimate of drug-likeness (QED) is 0.789. The SMILES string of the molecule is COc1cc2c(cc1O)C(CC#N)NCC2. The second-order valence-corrected chi connectivity index (χ2v) is 3.84. The van der Waals surface area contributed by atoms with E-state index in [-0.39, 0.29) is 11.8 Å². The smallest absolute Gasteiger partial charge is 0.160 e. The first kappa shape index (κ1) is 10.8. The number of phenols is 1. The van der Waals surface area contributed by atoms with Crippen molar-refractivity contribution in [2.75, 3.05) is 13.7 Å². The van der Waals surface area contributed by atoms with Crippen molar-refractivity contribution in [1.82, 2.24) is 5.32 Å². The van der Waals surface area contributed by atoms with Gasteiger partial charge in [0.25, 0.3) is 0 Å². The summed E-state index contributed by atoms with van der Waals surface area (Å²) in [5, 5.41) is 21.7. The minimum Gasteiger partial charge on any atom is -0.504 e. The third-order valence-electron chi connectivity index (χ3n) is 2.90. The maximum atomic E-state index is 9.72. The summed E-state index contributed by atoms with van der Waals surface area (Å²) >= 11 is 0. The van der Waals surface area contributed by atoms with Gasteiger partial charge in [-0.2, -0.15) is 5.26 Å². The first-order chi connectivity index (χ1) is 7.76. The number of ether oxygens (including phenoxy) is 1. The van der Waals surface area contributed by atoms with E-state index >= 15 is 0 Å². The Morgan fingerprint density at radius 2 is 2.44 bits per heavy atom. The molecular weight excluding hydrogens is 204 g/mol. The zero-order valence-corrected chi connectivity index (χ0v) is 9.16. The van der Waals surface area contributed by atoms with E-state index < -0.39 is 0 Å². The number of nitriles is 1. The van der Waals surface area contributed by atoms with Gasteiger partial charge in [-0.3, -0.25) is 0 Å². The minimum atomic E-state index is 0.0190. The van der Waals surface area contributed by atoms with E-state index in [9.17, 15) is 5.11 Å². The summed E-state index contributed by atoms with van der Waals surface area (Å²) in [5.74, 6) is 0.629. The molecule has 2 rings (SSSR count). The van der Waals surface area contributed by atoms with Crippen LogP contribution >= 0.6 is 0 Å². The Balaban J connectivity index is 2.42. The zero-order chi connectivity index (χ0) is 11.5. The van der Waals surface area contributed by atoms with Crippen molar-refractivity contribution >= 4 is 0 Å². The number of fused-ring (bicyclic) bond motifs is 1. The molecule has 1 unspecified atom stereocenters. The molecule has 1 aliphatic heterocycles. The van der Waals surface area contributed by atoms with Gasteiger partial charge in [0.1, 0.15) is 0 Å². The molecule has 1 atom stereocenters. The van der Waals surface area contributed by atoms with Crippen molar-refractivity contribution in [3.63, 3.8) is 0 Å². The Hall–Kier alpha value is -1.73. The van der Waals surface area contributed by atoms with Crippen molar-refractivity contribution in [3.05, 3.63) is 23.3 Å². The summed E-state index contributed by atoms with van der Waals surface area (Å²) in [7, 11) is 1.54. The summed E-state index contributed by atoms with van der Waals surface area (Å²) in [5.41, 5.74) is 2.15. The highest BCUT2D eigenvalue weighted by atomic mass is 16.5. The van der Waals surface area contributed by atoms with E-state index in [0.717, 1.165) is 24.1 Å². The largest absolute Gasteiger partial charge is 0.504 e. The highest BCUT2D eigenvalue weighted by Gasteiger charge is 2.21. The summed E-state index contributed by atoms with van der Waals surface area (Å²) < 4.78 is 5.07. The van der Waals surface area contributed by atoms with Crippen LogP contribution in [-0.2, 0) is 6.42 Å². The van der Waals surface area contributed by atoms with E-state index in [2.05, 4.69) is 11.4 Å². The number of methoxy groups -OCH3 is 1. The number of aromatic hydroxyl groups is 1. The molecule has 1 heterocycles. The Labute approximate surface area is 94.5 Å². The number of hydrogen-bond acceptors (Lipinski definition) is 4. The maximum Gasteiger partial charge on any atom is 0.160 e.